The first-order valence-corrected chi connectivity index (χ1v) is 10.4. The third-order valence-electron chi connectivity index (χ3n) is 5.30. The van der Waals surface area contributed by atoms with E-state index in [2.05, 4.69) is 16.0 Å². The van der Waals surface area contributed by atoms with Crippen LogP contribution in [0.5, 0.6) is 0 Å². The van der Waals surface area contributed by atoms with E-state index in [9.17, 15) is 19.2 Å². The van der Waals surface area contributed by atoms with Gasteiger partial charge in [0.1, 0.15) is 13.2 Å². The topological polar surface area (TPSA) is 147 Å². The van der Waals surface area contributed by atoms with Crippen LogP contribution in [0.3, 0.4) is 0 Å². The van der Waals surface area contributed by atoms with E-state index in [1.165, 1.54) is 12.3 Å². The molecule has 174 valence electrons. The van der Waals surface area contributed by atoms with Gasteiger partial charge >= 0.3 is 12.1 Å². The molecule has 3 amide bonds. The molecule has 0 bridgehead atoms. The minimum atomic E-state index is -1.21. The Morgan fingerprint density at radius 3 is 2.18 bits per heavy atom. The lowest BCUT2D eigenvalue weighted by molar-refractivity contribution is -0.137. The highest BCUT2D eigenvalue weighted by molar-refractivity contribution is 6.01. The molecular formula is C24H21N3O7. The van der Waals surface area contributed by atoms with E-state index >= 15 is 0 Å². The summed E-state index contributed by atoms with van der Waals surface area (Å²) >= 11 is 0. The van der Waals surface area contributed by atoms with Gasteiger partial charge in [-0.15, -0.1) is 0 Å². The molecule has 2 aromatic carbocycles. The molecule has 10 heteroatoms. The van der Waals surface area contributed by atoms with Gasteiger partial charge in [-0.1, -0.05) is 48.5 Å². The Labute approximate surface area is 193 Å². The number of ether oxygens (including phenoxy) is 1. The van der Waals surface area contributed by atoms with Crippen molar-refractivity contribution >= 4 is 29.6 Å². The molecule has 34 heavy (non-hydrogen) atoms. The monoisotopic (exact) mass is 463 g/mol. The molecule has 4 N–H and O–H groups in total. The van der Waals surface area contributed by atoms with Gasteiger partial charge in [-0.3, -0.25) is 19.7 Å². The molecule has 1 aliphatic carbocycles. The summed E-state index contributed by atoms with van der Waals surface area (Å²) < 4.78 is 10.6. The van der Waals surface area contributed by atoms with Crippen LogP contribution >= 0.6 is 0 Å². The van der Waals surface area contributed by atoms with Gasteiger partial charge < -0.3 is 24.9 Å². The molecule has 0 aliphatic heterocycles. The van der Waals surface area contributed by atoms with E-state index in [1.807, 2.05) is 48.5 Å². The molecule has 0 saturated carbocycles. The van der Waals surface area contributed by atoms with Crippen LogP contribution in [0.1, 0.15) is 27.6 Å². The van der Waals surface area contributed by atoms with Crippen molar-refractivity contribution in [3.8, 4) is 11.1 Å². The number of hydrogen-bond acceptors (Lipinski definition) is 6. The molecular weight excluding hydrogens is 442 g/mol. The van der Waals surface area contributed by atoms with Crippen molar-refractivity contribution in [3.05, 3.63) is 77.7 Å². The fourth-order valence-electron chi connectivity index (χ4n) is 3.81. The first-order valence-electron chi connectivity index (χ1n) is 10.4. The van der Waals surface area contributed by atoms with E-state index in [4.69, 9.17) is 14.3 Å². The van der Waals surface area contributed by atoms with Gasteiger partial charge in [0.2, 0.25) is 11.7 Å². The van der Waals surface area contributed by atoms with Crippen molar-refractivity contribution in [3.63, 3.8) is 0 Å². The molecule has 0 radical (unpaired) electrons. The maximum Gasteiger partial charge on any atom is 0.411 e. The molecule has 0 unspecified atom stereocenters. The number of carbonyl (C=O) groups excluding carboxylic acids is 3. The Kier molecular flexibility index (Phi) is 6.58. The van der Waals surface area contributed by atoms with Crippen molar-refractivity contribution in [2.24, 2.45) is 0 Å². The van der Waals surface area contributed by atoms with Crippen LogP contribution in [0.15, 0.2) is 65.3 Å². The smallest absolute Gasteiger partial charge is 0.411 e. The summed E-state index contributed by atoms with van der Waals surface area (Å²) in [6.45, 7) is -0.926. The highest BCUT2D eigenvalue weighted by Gasteiger charge is 2.29. The van der Waals surface area contributed by atoms with Gasteiger partial charge in [0.05, 0.1) is 18.5 Å². The Morgan fingerprint density at radius 2 is 1.53 bits per heavy atom. The van der Waals surface area contributed by atoms with E-state index < -0.39 is 37.0 Å². The van der Waals surface area contributed by atoms with Gasteiger partial charge in [-0.25, -0.2) is 4.79 Å². The standard InChI is InChI=1S/C24H21N3O7/c28-20(25-12-21(29)30)11-26-23(31)22-19(9-10-33-22)27-24(32)34-13-18-16-7-3-1-5-14(16)15-6-2-4-8-17(15)18/h1-10,18H,11-13H2,(H,25,28)(H,26,31)(H,27,32)(H,29,30). The molecule has 1 aromatic heterocycles. The number of carboxylic acid groups (broad SMARTS) is 1. The number of aliphatic carboxylic acids is 1. The van der Waals surface area contributed by atoms with E-state index in [1.54, 1.807) is 0 Å². The zero-order valence-electron chi connectivity index (χ0n) is 17.9. The summed E-state index contributed by atoms with van der Waals surface area (Å²) in [6.07, 6.45) is 0.440. The normalized spacial score (nSPS) is 11.8. The Hall–Kier alpha value is -4.60. The summed E-state index contributed by atoms with van der Waals surface area (Å²) in [4.78, 5) is 46.8. The third kappa shape index (κ3) is 4.90. The van der Waals surface area contributed by atoms with Gasteiger partial charge in [0, 0.05) is 12.0 Å². The number of carbonyl (C=O) groups is 4. The van der Waals surface area contributed by atoms with Gasteiger partial charge in [-0.2, -0.15) is 0 Å². The second-order valence-corrected chi connectivity index (χ2v) is 7.47. The number of furan rings is 1. The molecule has 4 rings (SSSR count). The molecule has 10 nitrogen and oxygen atoms in total. The number of carboxylic acids is 1. The zero-order chi connectivity index (χ0) is 24.1. The highest BCUT2D eigenvalue weighted by atomic mass is 16.5. The second-order valence-electron chi connectivity index (χ2n) is 7.47. The molecule has 1 heterocycles. The van der Waals surface area contributed by atoms with Crippen LogP contribution in [0.4, 0.5) is 10.5 Å². The summed E-state index contributed by atoms with van der Waals surface area (Å²) in [7, 11) is 0. The predicted octanol–water partition coefficient (Wildman–Crippen LogP) is 2.57. The van der Waals surface area contributed by atoms with Crippen molar-refractivity contribution in [2.45, 2.75) is 5.92 Å². The maximum atomic E-state index is 12.5. The quantitative estimate of drug-likeness (QED) is 0.401. The molecule has 0 fully saturated rings. The minimum absolute atomic E-state index is 0.0701. The lowest BCUT2D eigenvalue weighted by Crippen LogP contribution is -2.39. The summed E-state index contributed by atoms with van der Waals surface area (Å²) in [5.74, 6) is -2.99. The third-order valence-corrected chi connectivity index (χ3v) is 5.30. The number of fused-ring (bicyclic) bond motifs is 3. The predicted molar refractivity (Wildman–Crippen MR) is 120 cm³/mol. The van der Waals surface area contributed by atoms with Crippen LogP contribution in [-0.4, -0.2) is 48.7 Å². The van der Waals surface area contributed by atoms with E-state index in [0.29, 0.717) is 0 Å². The SMILES string of the molecule is O=C(O)CNC(=O)CNC(=O)c1occc1NC(=O)OCC1c2ccccc2-c2ccccc21. The van der Waals surface area contributed by atoms with Crippen molar-refractivity contribution in [1.29, 1.82) is 0 Å². The van der Waals surface area contributed by atoms with Gasteiger partial charge in [-0.05, 0) is 22.3 Å². The number of anilines is 1. The number of hydrogen-bond donors (Lipinski definition) is 4. The van der Waals surface area contributed by atoms with Crippen LogP contribution in [-0.2, 0) is 14.3 Å². The number of amides is 3. The highest BCUT2D eigenvalue weighted by Crippen LogP contribution is 2.44. The Morgan fingerprint density at radius 1 is 0.882 bits per heavy atom. The lowest BCUT2D eigenvalue weighted by Gasteiger charge is -2.14. The van der Waals surface area contributed by atoms with Crippen LogP contribution in [0.25, 0.3) is 11.1 Å². The summed E-state index contributed by atoms with van der Waals surface area (Å²) in [6, 6.07) is 17.3. The second kappa shape index (κ2) is 9.90. The fraction of sp³-hybridized carbons (Fsp3) is 0.167. The van der Waals surface area contributed by atoms with Gasteiger partial charge in [0.15, 0.2) is 0 Å². The molecule has 0 saturated heterocycles. The minimum Gasteiger partial charge on any atom is -0.480 e. The number of rotatable bonds is 8. The first kappa shape index (κ1) is 22.6. The van der Waals surface area contributed by atoms with Crippen LogP contribution in [0, 0.1) is 0 Å². The number of nitrogens with one attached hydrogen (secondary N) is 3. The van der Waals surface area contributed by atoms with Crippen molar-refractivity contribution in [1.82, 2.24) is 10.6 Å². The fourth-order valence-corrected chi connectivity index (χ4v) is 3.81. The van der Waals surface area contributed by atoms with Gasteiger partial charge in [0.25, 0.3) is 5.91 Å². The summed E-state index contributed by atoms with van der Waals surface area (Å²) in [5, 5.41) is 15.4. The zero-order valence-corrected chi connectivity index (χ0v) is 17.9. The largest absolute Gasteiger partial charge is 0.480 e. The van der Waals surface area contributed by atoms with E-state index in [-0.39, 0.29) is 24.0 Å². The molecule has 0 atom stereocenters. The average molecular weight is 463 g/mol. The van der Waals surface area contributed by atoms with Crippen LogP contribution < -0.4 is 16.0 Å². The number of benzene rings is 2. The Balaban J connectivity index is 1.34. The molecule has 0 spiro atoms. The molecule has 3 aromatic rings. The van der Waals surface area contributed by atoms with E-state index in [0.717, 1.165) is 22.3 Å². The first-order chi connectivity index (χ1) is 16.4. The average Bonchev–Trinajstić information content (AvgIpc) is 3.42. The lowest BCUT2D eigenvalue weighted by atomic mass is 9.98. The van der Waals surface area contributed by atoms with Crippen molar-refractivity contribution in [2.75, 3.05) is 25.0 Å². The Bertz CT molecular complexity index is 1210. The summed E-state index contributed by atoms with van der Waals surface area (Å²) in [5.41, 5.74) is 4.42. The van der Waals surface area contributed by atoms with Crippen molar-refractivity contribution < 1.29 is 33.4 Å². The maximum absolute atomic E-state index is 12.5. The molecule has 1 aliphatic rings. The van der Waals surface area contributed by atoms with Crippen LogP contribution in [0.2, 0.25) is 0 Å².